The Balaban J connectivity index is 1.95. The number of rotatable bonds is 6. The summed E-state index contributed by atoms with van der Waals surface area (Å²) in [6.45, 7) is 5.62. The van der Waals surface area contributed by atoms with Crippen LogP contribution in [0.3, 0.4) is 0 Å². The zero-order valence-corrected chi connectivity index (χ0v) is 9.34. The fraction of sp³-hybridized carbons (Fsp3) is 0.917. The van der Waals surface area contributed by atoms with E-state index >= 15 is 0 Å². The average molecular weight is 194 g/mol. The van der Waals surface area contributed by atoms with Crippen LogP contribution in [0.4, 0.5) is 0 Å². The van der Waals surface area contributed by atoms with E-state index in [-0.39, 0.29) is 0 Å². The SMILES string of the molecule is CCCCCCCN1CCC(C#N)C1. The summed E-state index contributed by atoms with van der Waals surface area (Å²) in [5, 5.41) is 8.75. The number of unbranched alkanes of at least 4 members (excludes halogenated alkanes) is 4. The standard InChI is InChI=1S/C12H22N2/c1-2-3-4-5-6-8-14-9-7-12(10-13)11-14/h12H,2-9,11H2,1H3. The van der Waals surface area contributed by atoms with Gasteiger partial charge < -0.3 is 4.90 Å². The Morgan fingerprint density at radius 2 is 2.07 bits per heavy atom. The summed E-state index contributed by atoms with van der Waals surface area (Å²) in [5.41, 5.74) is 0. The second kappa shape index (κ2) is 6.84. The van der Waals surface area contributed by atoms with Crippen molar-refractivity contribution in [2.75, 3.05) is 19.6 Å². The first kappa shape index (κ1) is 11.5. The molecule has 1 aliphatic rings. The zero-order valence-electron chi connectivity index (χ0n) is 9.34. The van der Waals surface area contributed by atoms with Gasteiger partial charge in [-0.25, -0.2) is 0 Å². The maximum Gasteiger partial charge on any atom is 0.0669 e. The van der Waals surface area contributed by atoms with Crippen molar-refractivity contribution in [2.24, 2.45) is 5.92 Å². The van der Waals surface area contributed by atoms with Crippen LogP contribution in [0.2, 0.25) is 0 Å². The molecule has 1 saturated heterocycles. The zero-order chi connectivity index (χ0) is 10.2. The molecule has 1 atom stereocenters. The third-order valence-corrected chi connectivity index (χ3v) is 3.03. The Bertz CT molecular complexity index is 183. The van der Waals surface area contributed by atoms with E-state index in [1.165, 1.54) is 38.6 Å². The molecule has 0 aliphatic carbocycles. The van der Waals surface area contributed by atoms with Crippen molar-refractivity contribution < 1.29 is 0 Å². The first-order chi connectivity index (χ1) is 6.86. The minimum atomic E-state index is 0.311. The average Bonchev–Trinajstić information content (AvgIpc) is 2.65. The van der Waals surface area contributed by atoms with Gasteiger partial charge in [0.05, 0.1) is 12.0 Å². The lowest BCUT2D eigenvalue weighted by atomic mass is 10.1. The molecular formula is C12H22N2. The van der Waals surface area contributed by atoms with E-state index < -0.39 is 0 Å². The Labute approximate surface area is 87.9 Å². The van der Waals surface area contributed by atoms with Crippen LogP contribution in [0.25, 0.3) is 0 Å². The molecule has 0 aromatic rings. The summed E-state index contributed by atoms with van der Waals surface area (Å²) in [4.78, 5) is 2.44. The van der Waals surface area contributed by atoms with Gasteiger partial charge in [-0.2, -0.15) is 5.26 Å². The lowest BCUT2D eigenvalue weighted by molar-refractivity contribution is 0.322. The largest absolute Gasteiger partial charge is 0.302 e. The van der Waals surface area contributed by atoms with Crippen LogP contribution in [0.5, 0.6) is 0 Å². The van der Waals surface area contributed by atoms with Gasteiger partial charge >= 0.3 is 0 Å². The number of likely N-dealkylation sites (tertiary alicyclic amines) is 1. The summed E-state index contributed by atoms with van der Waals surface area (Å²) in [6.07, 6.45) is 7.85. The lowest BCUT2D eigenvalue weighted by Gasteiger charge is -2.13. The van der Waals surface area contributed by atoms with Crippen LogP contribution in [-0.2, 0) is 0 Å². The molecule has 1 aliphatic heterocycles. The minimum Gasteiger partial charge on any atom is -0.302 e. The van der Waals surface area contributed by atoms with Gasteiger partial charge in [-0.15, -0.1) is 0 Å². The molecule has 0 radical (unpaired) electrons. The molecule has 0 saturated carbocycles. The number of hydrogen-bond acceptors (Lipinski definition) is 2. The molecule has 14 heavy (non-hydrogen) atoms. The molecule has 1 rings (SSSR count). The van der Waals surface area contributed by atoms with Crippen molar-refractivity contribution in [2.45, 2.75) is 45.4 Å². The van der Waals surface area contributed by atoms with Gasteiger partial charge in [0.1, 0.15) is 0 Å². The number of hydrogen-bond donors (Lipinski definition) is 0. The molecule has 1 fully saturated rings. The van der Waals surface area contributed by atoms with E-state index in [0.29, 0.717) is 5.92 Å². The fourth-order valence-electron chi connectivity index (χ4n) is 2.08. The van der Waals surface area contributed by atoms with Crippen molar-refractivity contribution in [3.63, 3.8) is 0 Å². The van der Waals surface area contributed by atoms with E-state index in [0.717, 1.165) is 19.5 Å². The minimum absolute atomic E-state index is 0.311. The van der Waals surface area contributed by atoms with Gasteiger partial charge in [0.2, 0.25) is 0 Å². The predicted octanol–water partition coefficient (Wildman–Crippen LogP) is 2.80. The summed E-state index contributed by atoms with van der Waals surface area (Å²) in [5.74, 6) is 0.311. The molecule has 80 valence electrons. The van der Waals surface area contributed by atoms with E-state index in [1.807, 2.05) is 0 Å². The van der Waals surface area contributed by atoms with Gasteiger partial charge in [-0.1, -0.05) is 32.6 Å². The fourth-order valence-corrected chi connectivity index (χ4v) is 2.08. The van der Waals surface area contributed by atoms with Crippen LogP contribution < -0.4 is 0 Å². The van der Waals surface area contributed by atoms with Crippen LogP contribution in [0, 0.1) is 17.2 Å². The highest BCUT2D eigenvalue weighted by Gasteiger charge is 2.20. The van der Waals surface area contributed by atoms with E-state index in [2.05, 4.69) is 17.9 Å². The Kier molecular flexibility index (Phi) is 5.63. The van der Waals surface area contributed by atoms with E-state index in [4.69, 9.17) is 5.26 Å². The summed E-state index contributed by atoms with van der Waals surface area (Å²) < 4.78 is 0. The second-order valence-corrected chi connectivity index (χ2v) is 4.33. The van der Waals surface area contributed by atoms with Crippen LogP contribution in [-0.4, -0.2) is 24.5 Å². The molecule has 0 aromatic carbocycles. The highest BCUT2D eigenvalue weighted by molar-refractivity contribution is 4.90. The molecule has 0 bridgehead atoms. The van der Waals surface area contributed by atoms with Crippen LogP contribution in [0.1, 0.15) is 45.4 Å². The Hall–Kier alpha value is -0.550. The summed E-state index contributed by atoms with van der Waals surface area (Å²) >= 11 is 0. The molecular weight excluding hydrogens is 172 g/mol. The first-order valence-corrected chi connectivity index (χ1v) is 5.98. The van der Waals surface area contributed by atoms with Crippen molar-refractivity contribution in [1.29, 1.82) is 5.26 Å². The van der Waals surface area contributed by atoms with Crippen molar-refractivity contribution in [3.8, 4) is 6.07 Å². The molecule has 0 N–H and O–H groups in total. The van der Waals surface area contributed by atoms with Gasteiger partial charge in [-0.3, -0.25) is 0 Å². The topological polar surface area (TPSA) is 27.0 Å². The number of nitrogens with zero attached hydrogens (tertiary/aromatic N) is 2. The molecule has 2 heteroatoms. The normalized spacial score (nSPS) is 22.4. The Morgan fingerprint density at radius 1 is 1.29 bits per heavy atom. The van der Waals surface area contributed by atoms with Crippen molar-refractivity contribution >= 4 is 0 Å². The Morgan fingerprint density at radius 3 is 2.71 bits per heavy atom. The molecule has 0 aromatic heterocycles. The van der Waals surface area contributed by atoms with Crippen molar-refractivity contribution in [3.05, 3.63) is 0 Å². The quantitative estimate of drug-likeness (QED) is 0.608. The molecule has 2 nitrogen and oxygen atoms in total. The van der Waals surface area contributed by atoms with Crippen LogP contribution >= 0.6 is 0 Å². The maximum atomic E-state index is 8.75. The van der Waals surface area contributed by atoms with Gasteiger partial charge in [-0.05, 0) is 25.9 Å². The molecule has 1 heterocycles. The maximum absolute atomic E-state index is 8.75. The smallest absolute Gasteiger partial charge is 0.0669 e. The highest BCUT2D eigenvalue weighted by Crippen LogP contribution is 2.15. The van der Waals surface area contributed by atoms with E-state index in [9.17, 15) is 0 Å². The molecule has 0 spiro atoms. The summed E-state index contributed by atoms with van der Waals surface area (Å²) in [7, 11) is 0. The third kappa shape index (κ3) is 4.11. The van der Waals surface area contributed by atoms with Gasteiger partial charge in [0, 0.05) is 6.54 Å². The predicted molar refractivity (Wildman–Crippen MR) is 58.9 cm³/mol. The lowest BCUT2D eigenvalue weighted by Crippen LogP contribution is -2.21. The van der Waals surface area contributed by atoms with Gasteiger partial charge in [0.15, 0.2) is 0 Å². The second-order valence-electron chi connectivity index (χ2n) is 4.33. The monoisotopic (exact) mass is 194 g/mol. The van der Waals surface area contributed by atoms with E-state index in [1.54, 1.807) is 0 Å². The number of nitriles is 1. The van der Waals surface area contributed by atoms with Crippen molar-refractivity contribution in [1.82, 2.24) is 4.90 Å². The van der Waals surface area contributed by atoms with Crippen LogP contribution in [0.15, 0.2) is 0 Å². The van der Waals surface area contributed by atoms with Gasteiger partial charge in [0.25, 0.3) is 0 Å². The third-order valence-electron chi connectivity index (χ3n) is 3.03. The highest BCUT2D eigenvalue weighted by atomic mass is 15.1. The molecule has 0 amide bonds. The first-order valence-electron chi connectivity index (χ1n) is 5.98. The molecule has 1 unspecified atom stereocenters. The summed E-state index contributed by atoms with van der Waals surface area (Å²) in [6, 6.07) is 2.36.